The maximum Gasteiger partial charge on any atom is 0.243 e. The molecule has 7 heteroatoms. The fourth-order valence-electron chi connectivity index (χ4n) is 3.82. The molecule has 0 radical (unpaired) electrons. The molecule has 2 saturated heterocycles. The van der Waals surface area contributed by atoms with Crippen LogP contribution in [0.15, 0.2) is 29.2 Å². The van der Waals surface area contributed by atoms with Crippen LogP contribution in [0.3, 0.4) is 0 Å². The highest BCUT2D eigenvalue weighted by atomic mass is 32.2. The van der Waals surface area contributed by atoms with Crippen molar-refractivity contribution in [1.29, 1.82) is 0 Å². The van der Waals surface area contributed by atoms with Crippen molar-refractivity contribution < 1.29 is 13.2 Å². The molecule has 2 aliphatic heterocycles. The van der Waals surface area contributed by atoms with Gasteiger partial charge in [-0.2, -0.15) is 4.31 Å². The third-order valence-corrected chi connectivity index (χ3v) is 7.62. The van der Waals surface area contributed by atoms with Crippen molar-refractivity contribution >= 4 is 21.6 Å². The molecule has 1 aromatic rings. The summed E-state index contributed by atoms with van der Waals surface area (Å²) < 4.78 is 27.4. The largest absolute Gasteiger partial charge is 0.314 e. The summed E-state index contributed by atoms with van der Waals surface area (Å²) in [5.41, 5.74) is 0.787. The van der Waals surface area contributed by atoms with Crippen LogP contribution in [0.2, 0.25) is 0 Å². The summed E-state index contributed by atoms with van der Waals surface area (Å²) in [6.07, 6.45) is 5.84. The molecule has 6 nitrogen and oxygen atoms in total. The van der Waals surface area contributed by atoms with Gasteiger partial charge in [-0.3, -0.25) is 4.79 Å². The zero-order valence-electron chi connectivity index (χ0n) is 15.1. The highest BCUT2D eigenvalue weighted by Gasteiger charge is 2.30. The molecular formula is C19H27N3O3S. The summed E-state index contributed by atoms with van der Waals surface area (Å²) in [5, 5.41) is 3.58. The van der Waals surface area contributed by atoms with Crippen molar-refractivity contribution in [2.24, 2.45) is 5.92 Å². The second-order valence-electron chi connectivity index (χ2n) is 7.67. The normalized spacial score (nSPS) is 22.9. The minimum Gasteiger partial charge on any atom is -0.314 e. The Morgan fingerprint density at radius 3 is 2.27 bits per heavy atom. The van der Waals surface area contributed by atoms with Gasteiger partial charge in [0, 0.05) is 37.8 Å². The number of piperidine rings is 1. The minimum absolute atomic E-state index is 0.112. The second-order valence-corrected chi connectivity index (χ2v) is 9.61. The monoisotopic (exact) mass is 377 g/mol. The van der Waals surface area contributed by atoms with Crippen LogP contribution in [-0.2, 0) is 14.8 Å². The number of sulfonamides is 1. The van der Waals surface area contributed by atoms with Crippen molar-refractivity contribution in [3.63, 3.8) is 0 Å². The van der Waals surface area contributed by atoms with Crippen molar-refractivity contribution in [2.75, 3.05) is 31.1 Å². The molecule has 0 spiro atoms. The van der Waals surface area contributed by atoms with Crippen LogP contribution >= 0.6 is 0 Å². The van der Waals surface area contributed by atoms with Gasteiger partial charge in [0.2, 0.25) is 15.9 Å². The number of hydrogen-bond donors (Lipinski definition) is 1. The Balaban J connectivity index is 1.37. The zero-order chi connectivity index (χ0) is 18.1. The highest BCUT2D eigenvalue weighted by molar-refractivity contribution is 7.89. The second kappa shape index (κ2) is 7.29. The van der Waals surface area contributed by atoms with E-state index in [0.29, 0.717) is 37.0 Å². The van der Waals surface area contributed by atoms with E-state index in [1.54, 1.807) is 33.5 Å². The number of nitrogens with one attached hydrogen (secondary N) is 1. The summed E-state index contributed by atoms with van der Waals surface area (Å²) >= 11 is 0. The van der Waals surface area contributed by atoms with Gasteiger partial charge in [-0.05, 0) is 68.8 Å². The molecule has 3 fully saturated rings. The summed E-state index contributed by atoms with van der Waals surface area (Å²) in [6.45, 7) is 2.93. The van der Waals surface area contributed by atoms with Gasteiger partial charge >= 0.3 is 0 Å². The number of rotatable bonds is 6. The maximum absolute atomic E-state index is 12.9. The van der Waals surface area contributed by atoms with Gasteiger partial charge in [-0.15, -0.1) is 0 Å². The van der Waals surface area contributed by atoms with Gasteiger partial charge in [0.15, 0.2) is 0 Å². The Morgan fingerprint density at radius 2 is 1.69 bits per heavy atom. The molecular weight excluding hydrogens is 350 g/mol. The van der Waals surface area contributed by atoms with E-state index in [4.69, 9.17) is 0 Å². The van der Waals surface area contributed by atoms with Gasteiger partial charge in [0.05, 0.1) is 4.90 Å². The molecule has 0 atom stereocenters. The quantitative estimate of drug-likeness (QED) is 0.823. The van der Waals surface area contributed by atoms with Crippen molar-refractivity contribution in [3.05, 3.63) is 24.3 Å². The molecule has 142 valence electrons. The van der Waals surface area contributed by atoms with Gasteiger partial charge < -0.3 is 10.2 Å². The van der Waals surface area contributed by atoms with E-state index in [1.165, 1.54) is 12.8 Å². The fraction of sp³-hybridized carbons (Fsp3) is 0.632. The number of benzene rings is 1. The smallest absolute Gasteiger partial charge is 0.243 e. The van der Waals surface area contributed by atoms with E-state index >= 15 is 0 Å². The predicted molar refractivity (Wildman–Crippen MR) is 101 cm³/mol. The van der Waals surface area contributed by atoms with Crippen LogP contribution < -0.4 is 10.2 Å². The molecule has 0 bridgehead atoms. The lowest BCUT2D eigenvalue weighted by Crippen LogP contribution is -2.45. The molecule has 1 aromatic carbocycles. The Kier molecular flexibility index (Phi) is 5.03. The highest BCUT2D eigenvalue weighted by Crippen LogP contribution is 2.29. The average Bonchev–Trinajstić information content (AvgIpc) is 3.39. The molecule has 2 heterocycles. The standard InChI is InChI=1S/C19H27N3O3S/c23-19-2-1-11-22(19)17-5-7-18(8-6-17)26(24,25)21-12-9-16(10-13-21)20-14-15-3-4-15/h5-8,15-16,20H,1-4,9-14H2. The zero-order valence-corrected chi connectivity index (χ0v) is 15.9. The summed E-state index contributed by atoms with van der Waals surface area (Å²) in [5.74, 6) is 0.958. The lowest BCUT2D eigenvalue weighted by atomic mass is 10.1. The Hall–Kier alpha value is -1.44. The average molecular weight is 378 g/mol. The summed E-state index contributed by atoms with van der Waals surface area (Å²) in [4.78, 5) is 13.9. The summed E-state index contributed by atoms with van der Waals surface area (Å²) in [6, 6.07) is 7.20. The van der Waals surface area contributed by atoms with Gasteiger partial charge in [0.1, 0.15) is 0 Å². The van der Waals surface area contributed by atoms with Crippen molar-refractivity contribution in [2.45, 2.75) is 49.5 Å². The number of anilines is 1. The Bertz CT molecular complexity index is 751. The van der Waals surface area contributed by atoms with E-state index in [0.717, 1.165) is 37.4 Å². The van der Waals surface area contributed by atoms with Crippen LogP contribution in [0.4, 0.5) is 5.69 Å². The van der Waals surface area contributed by atoms with E-state index in [-0.39, 0.29) is 5.91 Å². The minimum atomic E-state index is -3.46. The van der Waals surface area contributed by atoms with E-state index in [9.17, 15) is 13.2 Å². The van der Waals surface area contributed by atoms with Gasteiger partial charge in [-0.1, -0.05) is 0 Å². The number of nitrogens with zero attached hydrogens (tertiary/aromatic N) is 2. The predicted octanol–water partition coefficient (Wildman–Crippen LogP) is 1.97. The molecule has 4 rings (SSSR count). The topological polar surface area (TPSA) is 69.7 Å². The maximum atomic E-state index is 12.9. The Labute approximate surface area is 155 Å². The third-order valence-electron chi connectivity index (χ3n) is 5.71. The van der Waals surface area contributed by atoms with E-state index in [2.05, 4.69) is 5.32 Å². The van der Waals surface area contributed by atoms with Crippen LogP contribution in [0.5, 0.6) is 0 Å². The van der Waals surface area contributed by atoms with Gasteiger partial charge in [0.25, 0.3) is 0 Å². The first kappa shape index (κ1) is 17.9. The Morgan fingerprint density at radius 1 is 1.00 bits per heavy atom. The van der Waals surface area contributed by atoms with Crippen molar-refractivity contribution in [1.82, 2.24) is 9.62 Å². The van der Waals surface area contributed by atoms with Gasteiger partial charge in [-0.25, -0.2) is 8.42 Å². The molecule has 1 aliphatic carbocycles. The number of hydrogen-bond acceptors (Lipinski definition) is 4. The molecule has 1 N–H and O–H groups in total. The van der Waals surface area contributed by atoms with E-state index < -0.39 is 10.0 Å². The molecule has 1 saturated carbocycles. The van der Waals surface area contributed by atoms with Crippen LogP contribution in [0.25, 0.3) is 0 Å². The summed E-state index contributed by atoms with van der Waals surface area (Å²) in [7, 11) is -3.46. The molecule has 1 amide bonds. The van der Waals surface area contributed by atoms with Crippen LogP contribution in [0.1, 0.15) is 38.5 Å². The number of carbonyl (C=O) groups is 1. The molecule has 26 heavy (non-hydrogen) atoms. The number of amides is 1. The van der Waals surface area contributed by atoms with Crippen molar-refractivity contribution in [3.8, 4) is 0 Å². The first-order chi connectivity index (χ1) is 12.5. The number of carbonyl (C=O) groups excluding carboxylic acids is 1. The third kappa shape index (κ3) is 3.80. The van der Waals surface area contributed by atoms with E-state index in [1.807, 2.05) is 0 Å². The van der Waals surface area contributed by atoms with Crippen LogP contribution in [-0.4, -0.2) is 50.9 Å². The molecule has 0 aromatic heterocycles. The first-order valence-electron chi connectivity index (χ1n) is 9.68. The molecule has 0 unspecified atom stereocenters. The molecule has 3 aliphatic rings. The SMILES string of the molecule is O=C1CCCN1c1ccc(S(=O)(=O)N2CCC(NCC3CC3)CC2)cc1. The lowest BCUT2D eigenvalue weighted by molar-refractivity contribution is -0.117. The van der Waals surface area contributed by atoms with Crippen LogP contribution in [0, 0.1) is 5.92 Å². The fourth-order valence-corrected chi connectivity index (χ4v) is 5.29. The first-order valence-corrected chi connectivity index (χ1v) is 11.1. The lowest BCUT2D eigenvalue weighted by Gasteiger charge is -2.31.